The molecule has 0 unspecified atom stereocenters. The number of aryl methyl sites for hydroxylation is 1. The van der Waals surface area contributed by atoms with Crippen molar-refractivity contribution < 1.29 is 22.7 Å². The van der Waals surface area contributed by atoms with E-state index in [0.29, 0.717) is 11.1 Å². The molecule has 3 rings (SSSR count). The second kappa shape index (κ2) is 7.59. The molecule has 0 fully saturated rings. The van der Waals surface area contributed by atoms with E-state index in [9.17, 15) is 18.0 Å². The van der Waals surface area contributed by atoms with Crippen LogP contribution in [0.3, 0.4) is 0 Å². The largest absolute Gasteiger partial charge is 0.456 e. The summed E-state index contributed by atoms with van der Waals surface area (Å²) in [4.78, 5) is 28.4. The van der Waals surface area contributed by atoms with Gasteiger partial charge in [-0.25, -0.2) is 8.42 Å². The molecule has 9 heteroatoms. The zero-order valence-electron chi connectivity index (χ0n) is 15.9. The number of amidine groups is 1. The van der Waals surface area contributed by atoms with Crippen LogP contribution in [0.1, 0.15) is 34.2 Å². The van der Waals surface area contributed by atoms with Crippen molar-refractivity contribution in [2.45, 2.75) is 32.2 Å². The number of aliphatic imine (C=N–C) groups is 1. The third-order valence-corrected chi connectivity index (χ3v) is 5.98. The number of carbonyl (C=O) groups excluding carboxylic acids is 2. The highest BCUT2D eigenvalue weighted by atomic mass is 32.2. The van der Waals surface area contributed by atoms with Crippen LogP contribution in [-0.2, 0) is 26.1 Å². The summed E-state index contributed by atoms with van der Waals surface area (Å²) in [6, 6.07) is 8.13. The number of aromatic nitrogens is 1. The third-order valence-electron chi connectivity index (χ3n) is 4.58. The number of ether oxygens (including phenoxy) is 1. The SMILES string of the molecule is CCn1c(C)cc(C(=O)COC(=O)CN=C2NS(=O)(=O)c3ccccc32)c1C. The molecule has 8 nitrogen and oxygen atoms in total. The Bertz CT molecular complexity index is 1080. The summed E-state index contributed by atoms with van der Waals surface area (Å²) in [5.41, 5.74) is 2.72. The Kier molecular flexibility index (Phi) is 5.37. The number of nitrogens with zero attached hydrogens (tertiary/aromatic N) is 2. The molecule has 28 heavy (non-hydrogen) atoms. The first-order chi connectivity index (χ1) is 13.2. The molecule has 1 aliphatic rings. The summed E-state index contributed by atoms with van der Waals surface area (Å²) >= 11 is 0. The summed E-state index contributed by atoms with van der Waals surface area (Å²) in [6.45, 7) is 5.72. The summed E-state index contributed by atoms with van der Waals surface area (Å²) in [5.74, 6) is -0.917. The van der Waals surface area contributed by atoms with Gasteiger partial charge in [0, 0.05) is 29.1 Å². The summed E-state index contributed by atoms with van der Waals surface area (Å²) in [7, 11) is -3.66. The van der Waals surface area contributed by atoms with Gasteiger partial charge < -0.3 is 9.30 Å². The Hall–Kier alpha value is -2.94. The fraction of sp³-hybridized carbons (Fsp3) is 0.316. The Morgan fingerprint density at radius 1 is 1.21 bits per heavy atom. The molecule has 1 aliphatic heterocycles. The maximum Gasteiger partial charge on any atom is 0.328 e. The van der Waals surface area contributed by atoms with Crippen LogP contribution < -0.4 is 4.72 Å². The van der Waals surface area contributed by atoms with Crippen LogP contribution in [0, 0.1) is 13.8 Å². The number of Topliss-reactive ketones (excluding diaryl/α,β-unsaturated/α-hetero) is 1. The van der Waals surface area contributed by atoms with Crippen LogP contribution in [0.2, 0.25) is 0 Å². The number of hydrogen-bond acceptors (Lipinski definition) is 6. The van der Waals surface area contributed by atoms with E-state index in [2.05, 4.69) is 9.71 Å². The van der Waals surface area contributed by atoms with Crippen molar-refractivity contribution in [3.8, 4) is 0 Å². The van der Waals surface area contributed by atoms with Crippen LogP contribution in [-0.4, -0.2) is 43.7 Å². The van der Waals surface area contributed by atoms with Gasteiger partial charge in [-0.3, -0.25) is 19.3 Å². The second-order valence-corrected chi connectivity index (χ2v) is 8.03. The summed E-state index contributed by atoms with van der Waals surface area (Å²) < 4.78 is 33.4. The number of fused-ring (bicyclic) bond motifs is 1. The van der Waals surface area contributed by atoms with Gasteiger partial charge in [0.2, 0.25) is 5.78 Å². The summed E-state index contributed by atoms with van der Waals surface area (Å²) in [5, 5.41) is 0. The molecule has 1 aromatic heterocycles. The quantitative estimate of drug-likeness (QED) is 0.582. The predicted molar refractivity (Wildman–Crippen MR) is 103 cm³/mol. The molecule has 0 aliphatic carbocycles. The number of sulfonamides is 1. The number of benzene rings is 1. The molecule has 2 aromatic rings. The lowest BCUT2D eigenvalue weighted by Gasteiger charge is -2.06. The topological polar surface area (TPSA) is 107 Å². The minimum Gasteiger partial charge on any atom is -0.456 e. The van der Waals surface area contributed by atoms with E-state index >= 15 is 0 Å². The Balaban J connectivity index is 1.63. The molecule has 0 bridgehead atoms. The van der Waals surface area contributed by atoms with Gasteiger partial charge in [0.05, 0.1) is 4.90 Å². The zero-order chi connectivity index (χ0) is 20.5. The maximum absolute atomic E-state index is 12.3. The molecule has 1 N–H and O–H groups in total. The van der Waals surface area contributed by atoms with Crippen molar-refractivity contribution in [3.05, 3.63) is 52.8 Å². The van der Waals surface area contributed by atoms with Gasteiger partial charge in [-0.1, -0.05) is 12.1 Å². The van der Waals surface area contributed by atoms with Gasteiger partial charge in [-0.15, -0.1) is 0 Å². The van der Waals surface area contributed by atoms with Crippen molar-refractivity contribution in [2.24, 2.45) is 4.99 Å². The van der Waals surface area contributed by atoms with Crippen molar-refractivity contribution in [1.29, 1.82) is 0 Å². The molecule has 2 heterocycles. The van der Waals surface area contributed by atoms with Gasteiger partial charge in [-0.05, 0) is 39.0 Å². The number of carbonyl (C=O) groups is 2. The minimum atomic E-state index is -3.66. The fourth-order valence-electron chi connectivity index (χ4n) is 3.23. The molecule has 1 aromatic carbocycles. The van der Waals surface area contributed by atoms with Crippen LogP contribution in [0.4, 0.5) is 0 Å². The molecule has 0 amide bonds. The Morgan fingerprint density at radius 2 is 1.93 bits per heavy atom. The third kappa shape index (κ3) is 3.70. The smallest absolute Gasteiger partial charge is 0.328 e. The molecule has 0 atom stereocenters. The zero-order valence-corrected chi connectivity index (χ0v) is 16.7. The van der Waals surface area contributed by atoms with Gasteiger partial charge in [0.25, 0.3) is 10.0 Å². The van der Waals surface area contributed by atoms with Crippen LogP contribution >= 0.6 is 0 Å². The average molecular weight is 403 g/mol. The first kappa shape index (κ1) is 19.8. The molecule has 0 spiro atoms. The lowest BCUT2D eigenvalue weighted by atomic mass is 10.1. The standard InChI is InChI=1S/C19H21N3O5S/c1-4-22-12(2)9-15(13(22)3)16(23)11-27-18(24)10-20-19-14-7-5-6-8-17(14)28(25,26)21-19/h5-9H,4,10-11H2,1-3H3,(H,20,21). The molecule has 148 valence electrons. The van der Waals surface area contributed by atoms with Crippen molar-refractivity contribution in [1.82, 2.24) is 9.29 Å². The Labute approximate surface area is 163 Å². The molecular weight excluding hydrogens is 382 g/mol. The van der Waals surface area contributed by atoms with Gasteiger partial charge in [0.15, 0.2) is 6.61 Å². The van der Waals surface area contributed by atoms with Crippen LogP contribution in [0.15, 0.2) is 40.2 Å². The normalized spacial score (nSPS) is 15.9. The van der Waals surface area contributed by atoms with Crippen LogP contribution in [0.25, 0.3) is 0 Å². The predicted octanol–water partition coefficient (Wildman–Crippen LogP) is 1.59. The first-order valence-corrected chi connectivity index (χ1v) is 10.2. The minimum absolute atomic E-state index is 0.0883. The number of nitrogens with one attached hydrogen (secondary N) is 1. The van der Waals surface area contributed by atoms with Gasteiger partial charge in [0.1, 0.15) is 12.4 Å². The highest BCUT2D eigenvalue weighted by Gasteiger charge is 2.30. The van der Waals surface area contributed by atoms with Gasteiger partial charge >= 0.3 is 5.97 Å². The van der Waals surface area contributed by atoms with E-state index in [0.717, 1.165) is 17.9 Å². The van der Waals surface area contributed by atoms with Gasteiger partial charge in [-0.2, -0.15) is 0 Å². The van der Waals surface area contributed by atoms with Crippen molar-refractivity contribution >= 4 is 27.6 Å². The fourth-order valence-corrected chi connectivity index (χ4v) is 4.49. The average Bonchev–Trinajstić information content (AvgIpc) is 3.10. The maximum atomic E-state index is 12.3. The highest BCUT2D eigenvalue weighted by Crippen LogP contribution is 2.22. The lowest BCUT2D eigenvalue weighted by Crippen LogP contribution is -2.24. The number of rotatable bonds is 6. The highest BCUT2D eigenvalue weighted by molar-refractivity contribution is 7.90. The summed E-state index contributed by atoms with van der Waals surface area (Å²) in [6.07, 6.45) is 0. The second-order valence-electron chi connectivity index (χ2n) is 6.38. The lowest BCUT2D eigenvalue weighted by molar-refractivity contribution is -0.140. The van der Waals surface area contributed by atoms with E-state index < -0.39 is 22.5 Å². The van der Waals surface area contributed by atoms with Crippen molar-refractivity contribution in [3.63, 3.8) is 0 Å². The van der Waals surface area contributed by atoms with E-state index in [1.165, 1.54) is 6.07 Å². The monoisotopic (exact) mass is 403 g/mol. The first-order valence-electron chi connectivity index (χ1n) is 8.76. The Morgan fingerprint density at radius 3 is 2.61 bits per heavy atom. The van der Waals surface area contributed by atoms with E-state index in [-0.39, 0.29) is 23.1 Å². The van der Waals surface area contributed by atoms with E-state index in [4.69, 9.17) is 4.74 Å². The number of hydrogen-bond donors (Lipinski definition) is 1. The van der Waals surface area contributed by atoms with E-state index in [1.807, 2.05) is 25.3 Å². The van der Waals surface area contributed by atoms with Crippen LogP contribution in [0.5, 0.6) is 0 Å². The number of esters is 1. The molecule has 0 radical (unpaired) electrons. The number of ketones is 1. The molecular formula is C19H21N3O5S. The molecule has 0 saturated heterocycles. The van der Waals surface area contributed by atoms with E-state index in [1.54, 1.807) is 24.3 Å². The van der Waals surface area contributed by atoms with Crippen molar-refractivity contribution in [2.75, 3.05) is 13.2 Å². The molecule has 0 saturated carbocycles.